The van der Waals surface area contributed by atoms with Crippen LogP contribution in [0.5, 0.6) is 5.75 Å². The summed E-state index contributed by atoms with van der Waals surface area (Å²) in [7, 11) is 1.37. The van der Waals surface area contributed by atoms with E-state index in [4.69, 9.17) is 4.74 Å². The highest BCUT2D eigenvalue weighted by molar-refractivity contribution is 5.54. The Kier molecular flexibility index (Phi) is 3.65. The predicted molar refractivity (Wildman–Crippen MR) is 70.9 cm³/mol. The standard InChI is InChI=1S/C15H17F2NO2/c1-10-5-6-11(14(2,16)17)13(20-3)12(10)15(18-9-19)7-4-8-15/h5-6H,4,7-8H2,1-3H3. The van der Waals surface area contributed by atoms with Gasteiger partial charge in [-0.2, -0.15) is 4.99 Å². The molecule has 0 saturated heterocycles. The number of ether oxygens (including phenoxy) is 1. The number of aryl methyl sites for hydroxylation is 1. The first-order valence-electron chi connectivity index (χ1n) is 6.51. The number of rotatable bonds is 4. The maximum absolute atomic E-state index is 13.7. The second kappa shape index (κ2) is 4.98. The highest BCUT2D eigenvalue weighted by Gasteiger charge is 2.44. The van der Waals surface area contributed by atoms with Crippen LogP contribution in [0.2, 0.25) is 0 Å². The number of hydrogen-bond acceptors (Lipinski definition) is 3. The van der Waals surface area contributed by atoms with Crippen LogP contribution in [0.25, 0.3) is 0 Å². The molecule has 5 heteroatoms. The zero-order valence-electron chi connectivity index (χ0n) is 11.8. The third kappa shape index (κ3) is 2.22. The Morgan fingerprint density at radius 3 is 2.45 bits per heavy atom. The lowest BCUT2D eigenvalue weighted by molar-refractivity contribution is 0.0146. The molecule has 1 aromatic carbocycles. The summed E-state index contributed by atoms with van der Waals surface area (Å²) in [6.45, 7) is 2.65. The molecule has 0 radical (unpaired) electrons. The van der Waals surface area contributed by atoms with Crippen LogP contribution < -0.4 is 4.74 Å². The van der Waals surface area contributed by atoms with Gasteiger partial charge < -0.3 is 4.74 Å². The van der Waals surface area contributed by atoms with Gasteiger partial charge in [-0.15, -0.1) is 0 Å². The number of hydrogen-bond donors (Lipinski definition) is 0. The van der Waals surface area contributed by atoms with E-state index in [1.165, 1.54) is 13.2 Å². The second-order valence-corrected chi connectivity index (χ2v) is 5.31. The molecule has 1 aromatic rings. The minimum Gasteiger partial charge on any atom is -0.496 e. The molecule has 0 N–H and O–H groups in total. The van der Waals surface area contributed by atoms with Crippen molar-refractivity contribution in [2.24, 2.45) is 4.99 Å². The normalized spacial score (nSPS) is 17.1. The van der Waals surface area contributed by atoms with Gasteiger partial charge in [0.05, 0.1) is 12.7 Å². The van der Waals surface area contributed by atoms with Gasteiger partial charge in [0.1, 0.15) is 11.3 Å². The van der Waals surface area contributed by atoms with Crippen molar-refractivity contribution >= 4 is 6.08 Å². The first-order valence-corrected chi connectivity index (χ1v) is 6.51. The zero-order chi connectivity index (χ0) is 15.0. The number of halogens is 2. The Balaban J connectivity index is 2.72. The van der Waals surface area contributed by atoms with Crippen LogP contribution in [0.1, 0.15) is 42.9 Å². The SMILES string of the molecule is COc1c(C(C)(F)F)ccc(C)c1C1(N=C=O)CCC1. The van der Waals surface area contributed by atoms with Crippen molar-refractivity contribution < 1.29 is 18.3 Å². The number of nitrogens with zero attached hydrogens (tertiary/aromatic N) is 1. The maximum atomic E-state index is 13.7. The Hall–Kier alpha value is -1.74. The smallest absolute Gasteiger partial charge is 0.274 e. The summed E-state index contributed by atoms with van der Waals surface area (Å²) in [6.07, 6.45) is 3.78. The predicted octanol–water partition coefficient (Wildman–Crippen LogP) is 3.83. The van der Waals surface area contributed by atoms with Crippen LogP contribution in [0.15, 0.2) is 17.1 Å². The van der Waals surface area contributed by atoms with Gasteiger partial charge in [0.2, 0.25) is 6.08 Å². The molecule has 1 fully saturated rings. The van der Waals surface area contributed by atoms with Crippen LogP contribution in [0.3, 0.4) is 0 Å². The van der Waals surface area contributed by atoms with E-state index in [1.807, 2.05) is 6.92 Å². The molecule has 0 unspecified atom stereocenters. The van der Waals surface area contributed by atoms with Crippen LogP contribution in [0.4, 0.5) is 8.78 Å². The Morgan fingerprint density at radius 1 is 1.40 bits per heavy atom. The molecular formula is C15H17F2NO2. The van der Waals surface area contributed by atoms with Crippen molar-refractivity contribution in [2.45, 2.75) is 44.6 Å². The molecule has 2 rings (SSSR count). The van der Waals surface area contributed by atoms with Gasteiger partial charge in [-0.1, -0.05) is 6.07 Å². The largest absolute Gasteiger partial charge is 0.496 e. The van der Waals surface area contributed by atoms with Gasteiger partial charge in [-0.3, -0.25) is 0 Å². The third-order valence-electron chi connectivity index (χ3n) is 3.95. The van der Waals surface area contributed by atoms with Crippen LogP contribution >= 0.6 is 0 Å². The molecule has 1 aliphatic carbocycles. The van der Waals surface area contributed by atoms with Gasteiger partial charge in [0, 0.05) is 12.5 Å². The lowest BCUT2D eigenvalue weighted by atomic mass is 9.70. The number of aliphatic imine (C=N–C) groups is 1. The molecule has 108 valence electrons. The molecule has 0 aromatic heterocycles. The van der Waals surface area contributed by atoms with Crippen molar-refractivity contribution in [1.29, 1.82) is 0 Å². The summed E-state index contributed by atoms with van der Waals surface area (Å²) in [4.78, 5) is 14.6. The fourth-order valence-electron chi connectivity index (χ4n) is 2.83. The minimum atomic E-state index is -3.01. The quantitative estimate of drug-likeness (QED) is 0.621. The molecule has 0 atom stereocenters. The fourth-order valence-corrected chi connectivity index (χ4v) is 2.83. The summed E-state index contributed by atoms with van der Waals surface area (Å²) in [5.74, 6) is -2.87. The Morgan fingerprint density at radius 2 is 2.05 bits per heavy atom. The monoisotopic (exact) mass is 281 g/mol. The average Bonchev–Trinajstić information content (AvgIpc) is 2.32. The molecule has 1 saturated carbocycles. The van der Waals surface area contributed by atoms with Crippen molar-refractivity contribution in [1.82, 2.24) is 0 Å². The summed E-state index contributed by atoms with van der Waals surface area (Å²) >= 11 is 0. The van der Waals surface area contributed by atoms with Crippen molar-refractivity contribution in [2.75, 3.05) is 7.11 Å². The van der Waals surface area contributed by atoms with Gasteiger partial charge in [0.25, 0.3) is 5.92 Å². The van der Waals surface area contributed by atoms with Gasteiger partial charge in [-0.05, 0) is 37.8 Å². The van der Waals surface area contributed by atoms with Crippen LogP contribution in [-0.4, -0.2) is 13.2 Å². The van der Waals surface area contributed by atoms with E-state index in [1.54, 1.807) is 12.1 Å². The molecule has 0 amide bonds. The van der Waals surface area contributed by atoms with E-state index in [-0.39, 0.29) is 11.3 Å². The van der Waals surface area contributed by atoms with Gasteiger partial charge >= 0.3 is 0 Å². The fraction of sp³-hybridized carbons (Fsp3) is 0.533. The molecule has 0 aliphatic heterocycles. The number of alkyl halides is 2. The van der Waals surface area contributed by atoms with Crippen molar-refractivity contribution in [3.05, 3.63) is 28.8 Å². The van der Waals surface area contributed by atoms with Gasteiger partial charge in [0.15, 0.2) is 0 Å². The number of benzene rings is 1. The zero-order valence-corrected chi connectivity index (χ0v) is 11.8. The van der Waals surface area contributed by atoms with E-state index < -0.39 is 11.5 Å². The summed E-state index contributed by atoms with van der Waals surface area (Å²) < 4.78 is 32.7. The topological polar surface area (TPSA) is 38.7 Å². The van der Waals surface area contributed by atoms with E-state index in [2.05, 4.69) is 4.99 Å². The molecule has 0 spiro atoms. The molecule has 0 heterocycles. The summed E-state index contributed by atoms with van der Waals surface area (Å²) in [6, 6.07) is 3.00. The molecule has 0 bridgehead atoms. The molecule has 1 aliphatic rings. The lowest BCUT2D eigenvalue weighted by Crippen LogP contribution is -2.34. The summed E-state index contributed by atoms with van der Waals surface area (Å²) in [5, 5.41) is 0. The van der Waals surface area contributed by atoms with Crippen molar-refractivity contribution in [3.8, 4) is 5.75 Å². The van der Waals surface area contributed by atoms with E-state index in [0.29, 0.717) is 18.4 Å². The van der Waals surface area contributed by atoms with Gasteiger partial charge in [-0.25, -0.2) is 13.6 Å². The van der Waals surface area contributed by atoms with Crippen LogP contribution in [0, 0.1) is 6.92 Å². The average molecular weight is 281 g/mol. The first-order chi connectivity index (χ1) is 9.35. The molecule has 3 nitrogen and oxygen atoms in total. The van der Waals surface area contributed by atoms with E-state index in [0.717, 1.165) is 18.9 Å². The third-order valence-corrected chi connectivity index (χ3v) is 3.95. The second-order valence-electron chi connectivity index (χ2n) is 5.31. The summed E-state index contributed by atoms with van der Waals surface area (Å²) in [5.41, 5.74) is 0.466. The number of isocyanates is 1. The van der Waals surface area contributed by atoms with Crippen molar-refractivity contribution in [3.63, 3.8) is 0 Å². The van der Waals surface area contributed by atoms with E-state index in [9.17, 15) is 13.6 Å². The lowest BCUT2D eigenvalue weighted by Gasteiger charge is -2.39. The molecule has 20 heavy (non-hydrogen) atoms. The molecular weight excluding hydrogens is 264 g/mol. The highest BCUT2D eigenvalue weighted by atomic mass is 19.3. The minimum absolute atomic E-state index is 0.135. The number of methoxy groups -OCH3 is 1. The first kappa shape index (κ1) is 14.7. The highest BCUT2D eigenvalue weighted by Crippen LogP contribution is 2.51. The van der Waals surface area contributed by atoms with E-state index >= 15 is 0 Å². The maximum Gasteiger partial charge on any atom is 0.274 e. The van der Waals surface area contributed by atoms with Crippen LogP contribution in [-0.2, 0) is 16.3 Å². The number of carbonyl (C=O) groups excluding carboxylic acids is 1. The Labute approximate surface area is 116 Å². The Bertz CT molecular complexity index is 568.